The molecule has 4 aromatic rings. The summed E-state index contributed by atoms with van der Waals surface area (Å²) < 4.78 is 2.00. The maximum atomic E-state index is 6.63. The molecular formula is C17H15Cl2N4+. The van der Waals surface area contributed by atoms with Gasteiger partial charge in [-0.05, 0) is 30.7 Å². The minimum atomic E-state index is 0.647. The van der Waals surface area contributed by atoms with Crippen LogP contribution in [0.2, 0.25) is 10.0 Å². The number of nitrogens with zero attached hydrogens (tertiary/aromatic N) is 2. The SMILES string of the molecule is CCc1[nH]nc2ccc(C[n+]3cc4c(Cl)cccc4[nH]3)c(Cl)c12. The van der Waals surface area contributed by atoms with Crippen LogP contribution >= 0.6 is 23.2 Å². The summed E-state index contributed by atoms with van der Waals surface area (Å²) in [5, 5.41) is 14.2. The number of rotatable bonds is 3. The van der Waals surface area contributed by atoms with Gasteiger partial charge in [-0.3, -0.25) is 5.10 Å². The van der Waals surface area contributed by atoms with E-state index in [0.29, 0.717) is 6.54 Å². The molecule has 0 saturated carbocycles. The second kappa shape index (κ2) is 5.55. The van der Waals surface area contributed by atoms with Crippen LogP contribution in [0.5, 0.6) is 0 Å². The molecule has 0 radical (unpaired) electrons. The molecule has 0 aliphatic rings. The van der Waals surface area contributed by atoms with Gasteiger partial charge >= 0.3 is 0 Å². The molecule has 2 N–H and O–H groups in total. The van der Waals surface area contributed by atoms with E-state index in [2.05, 4.69) is 22.2 Å². The molecule has 0 bridgehead atoms. The van der Waals surface area contributed by atoms with Gasteiger partial charge in [0.05, 0.1) is 20.9 Å². The Balaban J connectivity index is 1.79. The van der Waals surface area contributed by atoms with Crippen molar-refractivity contribution in [2.75, 3.05) is 0 Å². The first-order valence-corrected chi connectivity index (χ1v) is 8.24. The van der Waals surface area contributed by atoms with E-state index in [1.807, 2.05) is 41.2 Å². The number of hydrogen-bond donors (Lipinski definition) is 2. The van der Waals surface area contributed by atoms with Crippen LogP contribution in [0.1, 0.15) is 18.2 Å². The Kier molecular flexibility index (Phi) is 3.51. The minimum absolute atomic E-state index is 0.647. The number of nitrogens with one attached hydrogen (secondary N) is 2. The Morgan fingerprint density at radius 3 is 2.83 bits per heavy atom. The third-order valence-corrected chi connectivity index (χ3v) is 4.87. The third-order valence-electron chi connectivity index (χ3n) is 4.11. The van der Waals surface area contributed by atoms with Crippen molar-refractivity contribution in [3.05, 3.63) is 57.8 Å². The van der Waals surface area contributed by atoms with E-state index >= 15 is 0 Å². The zero-order chi connectivity index (χ0) is 16.0. The highest BCUT2D eigenvalue weighted by Gasteiger charge is 2.16. The van der Waals surface area contributed by atoms with Crippen molar-refractivity contribution in [1.29, 1.82) is 0 Å². The van der Waals surface area contributed by atoms with Gasteiger partial charge in [0.1, 0.15) is 5.52 Å². The molecule has 2 aromatic heterocycles. The van der Waals surface area contributed by atoms with Gasteiger partial charge in [0, 0.05) is 16.6 Å². The zero-order valence-electron chi connectivity index (χ0n) is 12.5. The Morgan fingerprint density at radius 2 is 2.04 bits per heavy atom. The van der Waals surface area contributed by atoms with E-state index in [9.17, 15) is 0 Å². The van der Waals surface area contributed by atoms with Crippen LogP contribution in [-0.4, -0.2) is 15.3 Å². The summed E-state index contributed by atoms with van der Waals surface area (Å²) in [4.78, 5) is 0. The number of hydrogen-bond acceptors (Lipinski definition) is 1. The third kappa shape index (κ3) is 2.38. The fourth-order valence-electron chi connectivity index (χ4n) is 2.93. The Hall–Kier alpha value is -2.04. The second-order valence-electron chi connectivity index (χ2n) is 5.56. The monoisotopic (exact) mass is 345 g/mol. The van der Waals surface area contributed by atoms with Crippen LogP contribution in [0.3, 0.4) is 0 Å². The number of benzene rings is 2. The van der Waals surface area contributed by atoms with E-state index in [1.165, 1.54) is 0 Å². The number of H-pyrrole nitrogens is 2. The average molecular weight is 346 g/mol. The maximum Gasteiger partial charge on any atom is 0.205 e. The van der Waals surface area contributed by atoms with E-state index in [0.717, 1.165) is 49.5 Å². The number of aromatic nitrogens is 4. The fraction of sp³-hybridized carbons (Fsp3) is 0.176. The summed E-state index contributed by atoms with van der Waals surface area (Å²) in [5.74, 6) is 0. The van der Waals surface area contributed by atoms with Crippen molar-refractivity contribution >= 4 is 45.0 Å². The van der Waals surface area contributed by atoms with Crippen LogP contribution in [-0.2, 0) is 13.0 Å². The van der Waals surface area contributed by atoms with Crippen molar-refractivity contribution < 1.29 is 4.68 Å². The summed E-state index contributed by atoms with van der Waals surface area (Å²) >= 11 is 12.9. The normalized spacial score (nSPS) is 11.6. The topological polar surface area (TPSA) is 48.4 Å². The smallest absolute Gasteiger partial charge is 0.205 e. The molecule has 0 aliphatic carbocycles. The minimum Gasteiger partial charge on any atom is -0.281 e. The van der Waals surface area contributed by atoms with Gasteiger partial charge in [-0.25, -0.2) is 0 Å². The highest BCUT2D eigenvalue weighted by Crippen LogP contribution is 2.29. The molecule has 2 heterocycles. The first kappa shape index (κ1) is 14.5. The Morgan fingerprint density at radius 1 is 1.17 bits per heavy atom. The molecule has 0 saturated heterocycles. The van der Waals surface area contributed by atoms with Gasteiger partial charge in [0.25, 0.3) is 0 Å². The average Bonchev–Trinajstić information content (AvgIpc) is 3.14. The van der Waals surface area contributed by atoms with Gasteiger partial charge in [-0.1, -0.05) is 36.2 Å². The van der Waals surface area contributed by atoms with Crippen LogP contribution in [0.4, 0.5) is 0 Å². The lowest BCUT2D eigenvalue weighted by molar-refractivity contribution is -0.740. The summed E-state index contributed by atoms with van der Waals surface area (Å²) in [7, 11) is 0. The predicted molar refractivity (Wildman–Crippen MR) is 93.1 cm³/mol. The van der Waals surface area contributed by atoms with Crippen LogP contribution in [0.25, 0.3) is 21.8 Å². The van der Waals surface area contributed by atoms with E-state index in [-0.39, 0.29) is 0 Å². The van der Waals surface area contributed by atoms with Crippen molar-refractivity contribution in [3.63, 3.8) is 0 Å². The number of aryl methyl sites for hydroxylation is 1. The molecule has 0 amide bonds. The van der Waals surface area contributed by atoms with Crippen LogP contribution < -0.4 is 4.68 Å². The number of aromatic amines is 2. The molecule has 23 heavy (non-hydrogen) atoms. The number of halogens is 2. The zero-order valence-corrected chi connectivity index (χ0v) is 14.0. The van der Waals surface area contributed by atoms with Gasteiger partial charge in [-0.15, -0.1) is 4.68 Å². The maximum absolute atomic E-state index is 6.63. The van der Waals surface area contributed by atoms with Gasteiger partial charge in [0.2, 0.25) is 6.20 Å². The quantitative estimate of drug-likeness (QED) is 0.536. The van der Waals surface area contributed by atoms with E-state index in [1.54, 1.807) is 0 Å². The lowest BCUT2D eigenvalue weighted by Crippen LogP contribution is -2.35. The van der Waals surface area contributed by atoms with Crippen LogP contribution in [0, 0.1) is 0 Å². The first-order chi connectivity index (χ1) is 11.2. The van der Waals surface area contributed by atoms with Crippen LogP contribution in [0.15, 0.2) is 36.5 Å². The lowest BCUT2D eigenvalue weighted by atomic mass is 10.1. The molecule has 0 spiro atoms. The largest absolute Gasteiger partial charge is 0.281 e. The van der Waals surface area contributed by atoms with E-state index in [4.69, 9.17) is 23.2 Å². The molecule has 0 atom stereocenters. The van der Waals surface area contributed by atoms with Gasteiger partial charge in [0.15, 0.2) is 6.54 Å². The van der Waals surface area contributed by atoms with Gasteiger partial charge in [-0.2, -0.15) is 10.2 Å². The predicted octanol–water partition coefficient (Wildman–Crippen LogP) is 4.25. The van der Waals surface area contributed by atoms with Crippen molar-refractivity contribution in [2.45, 2.75) is 19.9 Å². The molecule has 2 aromatic carbocycles. The van der Waals surface area contributed by atoms with Crippen molar-refractivity contribution in [3.8, 4) is 0 Å². The summed E-state index contributed by atoms with van der Waals surface area (Å²) in [6, 6.07) is 9.85. The second-order valence-corrected chi connectivity index (χ2v) is 6.34. The summed E-state index contributed by atoms with van der Waals surface area (Å²) in [6.07, 6.45) is 2.88. The Bertz CT molecular complexity index is 1020. The lowest BCUT2D eigenvalue weighted by Gasteiger charge is -2.02. The van der Waals surface area contributed by atoms with Crippen molar-refractivity contribution in [2.24, 2.45) is 0 Å². The molecule has 6 heteroatoms. The fourth-order valence-corrected chi connectivity index (χ4v) is 3.49. The van der Waals surface area contributed by atoms with Crippen molar-refractivity contribution in [1.82, 2.24) is 15.3 Å². The molecule has 0 unspecified atom stereocenters. The van der Waals surface area contributed by atoms with Gasteiger partial charge < -0.3 is 0 Å². The molecule has 116 valence electrons. The highest BCUT2D eigenvalue weighted by atomic mass is 35.5. The summed E-state index contributed by atoms with van der Waals surface area (Å²) in [5.41, 5.74) is 4.02. The molecule has 0 aliphatic heterocycles. The first-order valence-electron chi connectivity index (χ1n) is 7.48. The molecule has 4 rings (SSSR count). The molecular weight excluding hydrogens is 331 g/mol. The standard InChI is InChI=1S/C17H14Cl2N4/c1-2-13-16-15(21-20-13)7-6-10(17(16)19)8-23-9-11-12(18)4-3-5-14(11)22-23/h3-7,9H,2,8H2,1H3,(H,20,21)/p+1. The van der Waals surface area contributed by atoms with E-state index < -0.39 is 0 Å². The summed E-state index contributed by atoms with van der Waals surface area (Å²) in [6.45, 7) is 2.73. The highest BCUT2D eigenvalue weighted by molar-refractivity contribution is 6.36. The molecule has 4 nitrogen and oxygen atoms in total. The number of fused-ring (bicyclic) bond motifs is 2. The molecule has 0 fully saturated rings. The Labute approximate surface area is 143 Å².